The first-order valence-corrected chi connectivity index (χ1v) is 9.61. The van der Waals surface area contributed by atoms with E-state index in [-0.39, 0.29) is 24.2 Å². The average molecular weight is 375 g/mol. The molecule has 144 valence electrons. The SMILES string of the molecule is Cc1ccc2c(c1)OC(C)(C)C[C@H]2NC(=O)COc1cccc2ccccc12. The van der Waals surface area contributed by atoms with E-state index in [0.717, 1.165) is 33.4 Å². The number of fused-ring (bicyclic) bond motifs is 2. The summed E-state index contributed by atoms with van der Waals surface area (Å²) in [7, 11) is 0. The molecule has 3 aromatic rings. The fraction of sp³-hybridized carbons (Fsp3) is 0.292. The molecular weight excluding hydrogens is 350 g/mol. The van der Waals surface area contributed by atoms with Crippen molar-refractivity contribution in [1.82, 2.24) is 5.32 Å². The van der Waals surface area contributed by atoms with E-state index in [9.17, 15) is 4.79 Å². The lowest BCUT2D eigenvalue weighted by atomic mass is 9.89. The highest BCUT2D eigenvalue weighted by atomic mass is 16.5. The summed E-state index contributed by atoms with van der Waals surface area (Å²) in [6, 6.07) is 19.9. The molecule has 0 saturated carbocycles. The maximum Gasteiger partial charge on any atom is 0.258 e. The van der Waals surface area contributed by atoms with Crippen LogP contribution in [0.5, 0.6) is 11.5 Å². The summed E-state index contributed by atoms with van der Waals surface area (Å²) >= 11 is 0. The summed E-state index contributed by atoms with van der Waals surface area (Å²) in [6.07, 6.45) is 0.711. The van der Waals surface area contributed by atoms with Gasteiger partial charge in [0.25, 0.3) is 5.91 Å². The summed E-state index contributed by atoms with van der Waals surface area (Å²) in [6.45, 7) is 6.11. The first-order chi connectivity index (χ1) is 13.4. The van der Waals surface area contributed by atoms with Gasteiger partial charge in [0, 0.05) is 17.4 Å². The van der Waals surface area contributed by atoms with Crippen molar-refractivity contribution in [2.75, 3.05) is 6.61 Å². The Morgan fingerprint density at radius 1 is 1.14 bits per heavy atom. The summed E-state index contributed by atoms with van der Waals surface area (Å²) in [5.41, 5.74) is 1.82. The van der Waals surface area contributed by atoms with E-state index in [1.165, 1.54) is 0 Å². The van der Waals surface area contributed by atoms with Crippen LogP contribution in [0.15, 0.2) is 60.7 Å². The number of aryl methyl sites for hydroxylation is 1. The molecule has 1 N–H and O–H groups in total. The number of rotatable bonds is 4. The Morgan fingerprint density at radius 3 is 2.79 bits per heavy atom. The molecule has 28 heavy (non-hydrogen) atoms. The maximum atomic E-state index is 12.6. The fourth-order valence-electron chi connectivity index (χ4n) is 3.79. The molecule has 0 bridgehead atoms. The summed E-state index contributed by atoms with van der Waals surface area (Å²) in [5.74, 6) is 1.43. The molecule has 1 aliphatic rings. The number of carbonyl (C=O) groups is 1. The number of benzene rings is 3. The van der Waals surface area contributed by atoms with E-state index in [1.807, 2.05) is 81.4 Å². The van der Waals surface area contributed by atoms with Crippen LogP contribution in [-0.2, 0) is 4.79 Å². The second-order valence-electron chi connectivity index (χ2n) is 7.99. The van der Waals surface area contributed by atoms with Crippen molar-refractivity contribution in [2.24, 2.45) is 0 Å². The van der Waals surface area contributed by atoms with Crippen LogP contribution in [-0.4, -0.2) is 18.1 Å². The molecule has 1 aliphatic heterocycles. The van der Waals surface area contributed by atoms with Gasteiger partial charge < -0.3 is 14.8 Å². The Balaban J connectivity index is 1.48. The number of hydrogen-bond donors (Lipinski definition) is 1. The summed E-state index contributed by atoms with van der Waals surface area (Å²) in [5, 5.41) is 5.22. The molecule has 0 unspecified atom stereocenters. The number of amides is 1. The highest BCUT2D eigenvalue weighted by Gasteiger charge is 2.34. The Bertz CT molecular complexity index is 1020. The maximum absolute atomic E-state index is 12.6. The van der Waals surface area contributed by atoms with Crippen LogP contribution in [0.2, 0.25) is 0 Å². The monoisotopic (exact) mass is 375 g/mol. The van der Waals surface area contributed by atoms with Gasteiger partial charge in [0.2, 0.25) is 0 Å². The van der Waals surface area contributed by atoms with E-state index < -0.39 is 0 Å². The van der Waals surface area contributed by atoms with Crippen LogP contribution >= 0.6 is 0 Å². The van der Waals surface area contributed by atoms with Gasteiger partial charge in [-0.1, -0.05) is 48.5 Å². The highest BCUT2D eigenvalue weighted by Crippen LogP contribution is 2.39. The first-order valence-electron chi connectivity index (χ1n) is 9.61. The van der Waals surface area contributed by atoms with Crippen molar-refractivity contribution in [3.05, 3.63) is 71.8 Å². The molecule has 0 fully saturated rings. The van der Waals surface area contributed by atoms with Gasteiger partial charge in [0.05, 0.1) is 6.04 Å². The van der Waals surface area contributed by atoms with Gasteiger partial charge in [-0.2, -0.15) is 0 Å². The van der Waals surface area contributed by atoms with Crippen LogP contribution < -0.4 is 14.8 Å². The standard InChI is InChI=1S/C24H25NO3/c1-16-11-12-19-20(14-24(2,3)28-22(19)13-16)25-23(26)15-27-21-10-6-8-17-7-4-5-9-18(17)21/h4-13,20H,14-15H2,1-3H3,(H,25,26)/t20-/m1/s1. The number of nitrogens with one attached hydrogen (secondary N) is 1. The summed E-state index contributed by atoms with van der Waals surface area (Å²) < 4.78 is 11.9. The molecular formula is C24H25NO3. The lowest BCUT2D eigenvalue weighted by Gasteiger charge is -2.38. The minimum atomic E-state index is -0.338. The number of ether oxygens (including phenoxy) is 2. The average Bonchev–Trinajstić information content (AvgIpc) is 2.65. The molecule has 0 aromatic heterocycles. The van der Waals surface area contributed by atoms with Gasteiger partial charge in [-0.3, -0.25) is 4.79 Å². The van der Waals surface area contributed by atoms with Crippen molar-refractivity contribution in [1.29, 1.82) is 0 Å². The second kappa shape index (κ2) is 7.19. The van der Waals surface area contributed by atoms with E-state index in [1.54, 1.807) is 0 Å². The predicted octanol–water partition coefficient (Wildman–Crippen LogP) is 4.95. The minimum Gasteiger partial charge on any atom is -0.487 e. The molecule has 1 amide bonds. The molecule has 4 heteroatoms. The quantitative estimate of drug-likeness (QED) is 0.702. The Morgan fingerprint density at radius 2 is 1.93 bits per heavy atom. The normalized spacial score (nSPS) is 17.5. The molecule has 3 aromatic carbocycles. The summed E-state index contributed by atoms with van der Waals surface area (Å²) in [4.78, 5) is 12.6. The van der Waals surface area contributed by atoms with Crippen molar-refractivity contribution in [3.63, 3.8) is 0 Å². The van der Waals surface area contributed by atoms with Crippen molar-refractivity contribution in [2.45, 2.75) is 38.8 Å². The van der Waals surface area contributed by atoms with Gasteiger partial charge in [-0.25, -0.2) is 0 Å². The van der Waals surface area contributed by atoms with Gasteiger partial charge in [0.15, 0.2) is 6.61 Å². The van der Waals surface area contributed by atoms with Crippen LogP contribution in [0.1, 0.15) is 37.4 Å². The zero-order chi connectivity index (χ0) is 19.7. The minimum absolute atomic E-state index is 0.0208. The Hall–Kier alpha value is -3.01. The van der Waals surface area contributed by atoms with E-state index in [0.29, 0.717) is 6.42 Å². The van der Waals surface area contributed by atoms with Gasteiger partial charge in [-0.15, -0.1) is 0 Å². The molecule has 1 atom stereocenters. The van der Waals surface area contributed by atoms with Gasteiger partial charge >= 0.3 is 0 Å². The van der Waals surface area contributed by atoms with Crippen molar-refractivity contribution < 1.29 is 14.3 Å². The number of carbonyl (C=O) groups excluding carboxylic acids is 1. The highest BCUT2D eigenvalue weighted by molar-refractivity contribution is 5.88. The van der Waals surface area contributed by atoms with Crippen molar-refractivity contribution >= 4 is 16.7 Å². The van der Waals surface area contributed by atoms with E-state index >= 15 is 0 Å². The molecule has 0 spiro atoms. The van der Waals surface area contributed by atoms with E-state index in [4.69, 9.17) is 9.47 Å². The molecule has 1 heterocycles. The molecule has 0 saturated heterocycles. The molecule has 0 radical (unpaired) electrons. The Labute approximate surface area is 165 Å². The molecule has 4 rings (SSSR count). The lowest BCUT2D eigenvalue weighted by molar-refractivity contribution is -0.124. The fourth-order valence-corrected chi connectivity index (χ4v) is 3.79. The smallest absolute Gasteiger partial charge is 0.258 e. The van der Waals surface area contributed by atoms with Crippen LogP contribution in [0.4, 0.5) is 0 Å². The zero-order valence-electron chi connectivity index (χ0n) is 16.5. The first kappa shape index (κ1) is 18.4. The second-order valence-corrected chi connectivity index (χ2v) is 7.99. The van der Waals surface area contributed by atoms with Crippen LogP contribution in [0.3, 0.4) is 0 Å². The lowest BCUT2D eigenvalue weighted by Crippen LogP contribution is -2.42. The van der Waals surface area contributed by atoms with Crippen LogP contribution in [0, 0.1) is 6.92 Å². The molecule has 4 nitrogen and oxygen atoms in total. The third kappa shape index (κ3) is 3.81. The van der Waals surface area contributed by atoms with Gasteiger partial charge in [-0.05, 0) is 43.9 Å². The topological polar surface area (TPSA) is 47.6 Å². The van der Waals surface area contributed by atoms with E-state index in [2.05, 4.69) is 5.32 Å². The largest absolute Gasteiger partial charge is 0.487 e. The third-order valence-corrected chi connectivity index (χ3v) is 5.07. The predicted molar refractivity (Wildman–Crippen MR) is 111 cm³/mol. The van der Waals surface area contributed by atoms with Crippen molar-refractivity contribution in [3.8, 4) is 11.5 Å². The zero-order valence-corrected chi connectivity index (χ0v) is 16.5. The number of hydrogen-bond acceptors (Lipinski definition) is 3. The molecule has 0 aliphatic carbocycles. The van der Waals surface area contributed by atoms with Crippen LogP contribution in [0.25, 0.3) is 10.8 Å². The third-order valence-electron chi connectivity index (χ3n) is 5.07. The van der Waals surface area contributed by atoms with Gasteiger partial charge in [0.1, 0.15) is 17.1 Å². The Kier molecular flexibility index (Phi) is 4.71.